The predicted molar refractivity (Wildman–Crippen MR) is 118 cm³/mol. The number of ether oxygens (including phenoxy) is 1. The van der Waals surface area contributed by atoms with Gasteiger partial charge in [0.05, 0.1) is 15.4 Å². The van der Waals surface area contributed by atoms with Gasteiger partial charge in [-0.2, -0.15) is 0 Å². The van der Waals surface area contributed by atoms with Crippen molar-refractivity contribution in [2.75, 3.05) is 19.7 Å². The molecule has 170 valence electrons. The van der Waals surface area contributed by atoms with E-state index in [2.05, 4.69) is 0 Å². The van der Waals surface area contributed by atoms with Crippen molar-refractivity contribution >= 4 is 27.5 Å². The first-order chi connectivity index (χ1) is 15.0. The van der Waals surface area contributed by atoms with Crippen LogP contribution in [0, 0.1) is 11.8 Å². The Bertz CT molecular complexity index is 1160. The van der Waals surface area contributed by atoms with Crippen molar-refractivity contribution < 1.29 is 27.5 Å². The first kappa shape index (κ1) is 23.7. The van der Waals surface area contributed by atoms with Crippen LogP contribution in [-0.2, 0) is 19.4 Å². The van der Waals surface area contributed by atoms with E-state index in [1.807, 2.05) is 27.7 Å². The van der Waals surface area contributed by atoms with Gasteiger partial charge in [0.2, 0.25) is 9.84 Å². The fourth-order valence-corrected chi connectivity index (χ4v) is 5.35. The lowest BCUT2D eigenvalue weighted by Crippen LogP contribution is -2.39. The van der Waals surface area contributed by atoms with Gasteiger partial charge in [-0.1, -0.05) is 39.8 Å². The highest BCUT2D eigenvalue weighted by Crippen LogP contribution is 2.34. The maximum atomic E-state index is 13.0. The number of rotatable bonds is 7. The molecule has 1 amide bonds. The van der Waals surface area contributed by atoms with E-state index in [-0.39, 0.29) is 44.2 Å². The third kappa shape index (κ3) is 4.75. The smallest absolute Gasteiger partial charge is 0.338 e. The van der Waals surface area contributed by atoms with Gasteiger partial charge < -0.3 is 9.64 Å². The van der Waals surface area contributed by atoms with E-state index in [9.17, 15) is 22.8 Å². The monoisotopic (exact) mass is 457 g/mol. The zero-order chi connectivity index (χ0) is 23.6. The molecule has 0 spiro atoms. The van der Waals surface area contributed by atoms with E-state index in [4.69, 9.17) is 4.74 Å². The van der Waals surface area contributed by atoms with Gasteiger partial charge in [0.15, 0.2) is 12.4 Å². The van der Waals surface area contributed by atoms with Crippen LogP contribution >= 0.6 is 0 Å². The quantitative estimate of drug-likeness (QED) is 0.505. The molecule has 1 heterocycles. The Labute approximate surface area is 188 Å². The molecule has 0 atom stereocenters. The first-order valence-corrected chi connectivity index (χ1v) is 12.0. The maximum absolute atomic E-state index is 13.0. The molecule has 3 rings (SSSR count). The number of nitrogens with zero attached hydrogens (tertiary/aromatic N) is 1. The summed E-state index contributed by atoms with van der Waals surface area (Å²) in [5.74, 6) is -1.02. The van der Waals surface area contributed by atoms with Crippen molar-refractivity contribution in [3.8, 4) is 0 Å². The molecule has 0 bridgehead atoms. The van der Waals surface area contributed by atoms with Crippen molar-refractivity contribution in [3.63, 3.8) is 0 Å². The molecule has 0 unspecified atom stereocenters. The number of amides is 1. The van der Waals surface area contributed by atoms with Gasteiger partial charge in [0, 0.05) is 24.2 Å². The van der Waals surface area contributed by atoms with Gasteiger partial charge >= 0.3 is 5.97 Å². The minimum atomic E-state index is -3.97. The molecule has 2 aromatic carbocycles. The zero-order valence-electron chi connectivity index (χ0n) is 18.6. The maximum Gasteiger partial charge on any atom is 0.338 e. The highest BCUT2D eigenvalue weighted by atomic mass is 32.2. The van der Waals surface area contributed by atoms with Crippen LogP contribution < -0.4 is 0 Å². The second-order valence-electron chi connectivity index (χ2n) is 8.70. The molecule has 0 saturated carbocycles. The number of hydrogen-bond donors (Lipinski definition) is 0. The summed E-state index contributed by atoms with van der Waals surface area (Å²) in [5.41, 5.74) is 0.0827. The van der Waals surface area contributed by atoms with Gasteiger partial charge in [-0.3, -0.25) is 9.59 Å². The molecule has 32 heavy (non-hydrogen) atoms. The van der Waals surface area contributed by atoms with Crippen molar-refractivity contribution in [1.29, 1.82) is 0 Å². The Morgan fingerprint density at radius 2 is 1.50 bits per heavy atom. The highest BCUT2D eigenvalue weighted by molar-refractivity contribution is 7.91. The van der Waals surface area contributed by atoms with Crippen LogP contribution in [0.2, 0.25) is 0 Å². The zero-order valence-corrected chi connectivity index (χ0v) is 19.4. The molecule has 8 heteroatoms. The minimum Gasteiger partial charge on any atom is -0.452 e. The van der Waals surface area contributed by atoms with Crippen LogP contribution in [0.15, 0.2) is 52.3 Å². The van der Waals surface area contributed by atoms with E-state index in [1.54, 1.807) is 17.0 Å². The normalized spacial score (nSPS) is 14.1. The Kier molecular flexibility index (Phi) is 6.83. The predicted octanol–water partition coefficient (Wildman–Crippen LogP) is 3.36. The van der Waals surface area contributed by atoms with Crippen LogP contribution in [0.3, 0.4) is 0 Å². The minimum absolute atomic E-state index is 0.0105. The van der Waals surface area contributed by atoms with Crippen LogP contribution in [0.1, 0.15) is 54.0 Å². The summed E-state index contributed by atoms with van der Waals surface area (Å²) in [5, 5.41) is 0. The van der Waals surface area contributed by atoms with Gasteiger partial charge in [0.25, 0.3) is 5.91 Å². The lowest BCUT2D eigenvalue weighted by atomic mass is 10.0. The molecule has 2 aromatic rings. The summed E-state index contributed by atoms with van der Waals surface area (Å²) in [4.78, 5) is 39.2. The van der Waals surface area contributed by atoms with Crippen molar-refractivity contribution in [3.05, 3.63) is 59.2 Å². The van der Waals surface area contributed by atoms with Gasteiger partial charge in [-0.15, -0.1) is 0 Å². The molecule has 0 radical (unpaired) electrons. The molecule has 0 saturated heterocycles. The van der Waals surface area contributed by atoms with E-state index >= 15 is 0 Å². The average molecular weight is 458 g/mol. The van der Waals surface area contributed by atoms with Crippen LogP contribution in [0.5, 0.6) is 0 Å². The van der Waals surface area contributed by atoms with Crippen LogP contribution in [0.25, 0.3) is 0 Å². The second-order valence-corrected chi connectivity index (χ2v) is 10.6. The Morgan fingerprint density at radius 1 is 0.906 bits per heavy atom. The summed E-state index contributed by atoms with van der Waals surface area (Å²) < 4.78 is 31.2. The lowest BCUT2D eigenvalue weighted by molar-refractivity contribution is -0.135. The fraction of sp³-hybridized carbons (Fsp3) is 0.375. The summed E-state index contributed by atoms with van der Waals surface area (Å²) in [6.45, 7) is 8.66. The fourth-order valence-electron chi connectivity index (χ4n) is 3.67. The number of carbonyl (C=O) groups excluding carboxylic acids is 3. The molecule has 0 aliphatic carbocycles. The van der Waals surface area contributed by atoms with Gasteiger partial charge in [0.1, 0.15) is 0 Å². The van der Waals surface area contributed by atoms with Gasteiger partial charge in [-0.25, -0.2) is 13.2 Å². The molecule has 1 aliphatic rings. The molecule has 0 N–H and O–H groups in total. The summed E-state index contributed by atoms with van der Waals surface area (Å²) in [7, 11) is -3.97. The number of sulfone groups is 1. The summed E-state index contributed by atoms with van der Waals surface area (Å²) >= 11 is 0. The van der Waals surface area contributed by atoms with E-state index in [0.717, 1.165) is 6.07 Å². The van der Waals surface area contributed by atoms with Crippen molar-refractivity contribution in [2.45, 2.75) is 37.5 Å². The SMILES string of the molecule is CC(C)CN(CC(C)C)C(=O)COC(=O)c1ccc2c(c1)S(=O)(=O)c1ccccc1C2=O. The third-order valence-corrected chi connectivity index (χ3v) is 6.87. The molecule has 0 fully saturated rings. The molecular weight excluding hydrogens is 430 g/mol. The molecule has 1 aliphatic heterocycles. The standard InChI is InChI=1S/C24H27NO6S/c1-15(2)12-25(13-16(3)4)22(26)14-31-24(28)17-9-10-19-21(11-17)32(29,30)20-8-6-5-7-18(20)23(19)27/h5-11,15-16H,12-14H2,1-4H3. The summed E-state index contributed by atoms with van der Waals surface area (Å²) in [6.07, 6.45) is 0. The van der Waals surface area contributed by atoms with Crippen LogP contribution in [-0.4, -0.2) is 50.7 Å². The van der Waals surface area contributed by atoms with Crippen LogP contribution in [0.4, 0.5) is 0 Å². The largest absolute Gasteiger partial charge is 0.452 e. The number of benzene rings is 2. The third-order valence-electron chi connectivity index (χ3n) is 5.02. The topological polar surface area (TPSA) is 97.8 Å². The Hall–Kier alpha value is -3.00. The Balaban J connectivity index is 1.80. The number of esters is 1. The number of fused-ring (bicyclic) bond motifs is 2. The molecule has 0 aromatic heterocycles. The summed E-state index contributed by atoms with van der Waals surface area (Å²) in [6, 6.07) is 9.77. The van der Waals surface area contributed by atoms with Crippen molar-refractivity contribution in [2.24, 2.45) is 11.8 Å². The molecular formula is C24H27NO6S. The lowest BCUT2D eigenvalue weighted by Gasteiger charge is -2.26. The number of carbonyl (C=O) groups is 3. The van der Waals surface area contributed by atoms with Crippen molar-refractivity contribution in [1.82, 2.24) is 4.90 Å². The number of hydrogen-bond acceptors (Lipinski definition) is 6. The second kappa shape index (κ2) is 9.24. The Morgan fingerprint density at radius 3 is 2.12 bits per heavy atom. The van der Waals surface area contributed by atoms with E-state index in [0.29, 0.717) is 13.1 Å². The van der Waals surface area contributed by atoms with E-state index < -0.39 is 28.2 Å². The first-order valence-electron chi connectivity index (χ1n) is 10.5. The average Bonchev–Trinajstić information content (AvgIpc) is 2.74. The number of ketones is 1. The van der Waals surface area contributed by atoms with Gasteiger partial charge in [-0.05, 0) is 42.2 Å². The molecule has 7 nitrogen and oxygen atoms in total. The van der Waals surface area contributed by atoms with E-state index in [1.165, 1.54) is 24.3 Å². The highest BCUT2D eigenvalue weighted by Gasteiger charge is 2.35.